The summed E-state index contributed by atoms with van der Waals surface area (Å²) in [5.41, 5.74) is 0.443. The van der Waals surface area contributed by atoms with Gasteiger partial charge in [0.05, 0.1) is 24.3 Å². The van der Waals surface area contributed by atoms with E-state index in [0.717, 1.165) is 26.7 Å². The Morgan fingerprint density at radius 2 is 1.98 bits per heavy atom. The average molecular weight is 619 g/mol. The third-order valence-corrected chi connectivity index (χ3v) is 9.21. The van der Waals surface area contributed by atoms with E-state index < -0.39 is 67.6 Å². The van der Waals surface area contributed by atoms with Crippen LogP contribution in [0, 0.1) is 12.3 Å². The average Bonchev–Trinajstić information content (AvgIpc) is 3.30. The van der Waals surface area contributed by atoms with Crippen LogP contribution >= 0.6 is 7.75 Å². The van der Waals surface area contributed by atoms with E-state index >= 15 is 0 Å². The quantitative estimate of drug-likeness (QED) is 0.214. The first-order chi connectivity index (χ1) is 20.1. The molecule has 14 heteroatoms. The van der Waals surface area contributed by atoms with Gasteiger partial charge < -0.3 is 23.7 Å². The van der Waals surface area contributed by atoms with E-state index in [4.69, 9.17) is 18.5 Å². The highest BCUT2D eigenvalue weighted by molar-refractivity contribution is 7.52. The van der Waals surface area contributed by atoms with E-state index in [1.165, 1.54) is 19.2 Å². The van der Waals surface area contributed by atoms with Crippen LogP contribution in [-0.2, 0) is 30.4 Å². The number of carbonyl (C=O) groups is 1. The molecule has 0 radical (unpaired) electrons. The number of nitrogens with one attached hydrogen (secondary N) is 2. The second-order valence-corrected chi connectivity index (χ2v) is 13.2. The van der Waals surface area contributed by atoms with Crippen LogP contribution in [0.5, 0.6) is 5.75 Å². The van der Waals surface area contributed by atoms with Gasteiger partial charge in [-0.2, -0.15) is 5.09 Å². The van der Waals surface area contributed by atoms with Crippen molar-refractivity contribution in [1.29, 1.82) is 0 Å². The van der Waals surface area contributed by atoms with E-state index in [9.17, 15) is 24.1 Å². The van der Waals surface area contributed by atoms with Gasteiger partial charge in [-0.1, -0.05) is 26.5 Å². The minimum atomic E-state index is -4.32. The molecule has 3 N–H and O–H groups in total. The molecule has 1 aromatic carbocycles. The summed E-state index contributed by atoms with van der Waals surface area (Å²) >= 11 is 0. The molecule has 1 aliphatic rings. The Hall–Kier alpha value is -3.48. The van der Waals surface area contributed by atoms with Gasteiger partial charge in [0.25, 0.3) is 5.56 Å². The first-order valence-corrected chi connectivity index (χ1v) is 15.4. The van der Waals surface area contributed by atoms with Crippen LogP contribution in [-0.4, -0.2) is 56.2 Å². The van der Waals surface area contributed by atoms with Crippen molar-refractivity contribution in [3.63, 3.8) is 0 Å². The number of aromatic nitrogens is 3. The summed E-state index contributed by atoms with van der Waals surface area (Å²) in [6, 6.07) is 5.23. The Kier molecular flexibility index (Phi) is 9.24. The van der Waals surface area contributed by atoms with Crippen molar-refractivity contribution in [2.75, 3.05) is 6.61 Å². The minimum absolute atomic E-state index is 0.204. The second kappa shape index (κ2) is 12.3. The molecule has 3 heterocycles. The molecule has 2 aromatic heterocycles. The van der Waals surface area contributed by atoms with Crippen molar-refractivity contribution in [2.45, 2.75) is 72.1 Å². The molecular formula is C29H39N4O9P. The molecule has 0 bridgehead atoms. The van der Waals surface area contributed by atoms with E-state index in [0.29, 0.717) is 0 Å². The zero-order valence-corrected chi connectivity index (χ0v) is 26.2. The van der Waals surface area contributed by atoms with Crippen LogP contribution in [0.3, 0.4) is 0 Å². The Morgan fingerprint density at radius 1 is 1.28 bits per heavy atom. The lowest BCUT2D eigenvalue weighted by atomic mass is 9.84. The zero-order valence-electron chi connectivity index (χ0n) is 25.3. The number of hydrogen-bond acceptors (Lipinski definition) is 9. The number of fused-ring (bicyclic) bond motifs is 1. The fraction of sp³-hybridized carbons (Fsp3) is 0.483. The third kappa shape index (κ3) is 6.56. The summed E-state index contributed by atoms with van der Waals surface area (Å²) in [4.78, 5) is 38.8. The number of aliphatic hydroxyl groups excluding tert-OH is 1. The number of H-pyrrole nitrogens is 1. The first kappa shape index (κ1) is 32.4. The van der Waals surface area contributed by atoms with Crippen LogP contribution in [0.15, 0.2) is 46.6 Å². The Bertz CT molecular complexity index is 1690. The highest BCUT2D eigenvalue weighted by Crippen LogP contribution is 2.49. The van der Waals surface area contributed by atoms with Gasteiger partial charge in [-0.15, -0.1) is 0 Å². The molecule has 13 nitrogen and oxygen atoms in total. The maximum Gasteiger partial charge on any atom is 0.459 e. The van der Waals surface area contributed by atoms with Crippen LogP contribution < -0.4 is 20.9 Å². The number of hydrogen-bond donors (Lipinski definition) is 3. The molecule has 4 rings (SSSR count). The monoisotopic (exact) mass is 618 g/mol. The van der Waals surface area contributed by atoms with Crippen molar-refractivity contribution in [3.05, 3.63) is 69.1 Å². The largest absolute Gasteiger partial charge is 0.462 e. The minimum Gasteiger partial charge on any atom is -0.462 e. The Labute approximate surface area is 249 Å². The van der Waals surface area contributed by atoms with Gasteiger partial charge in [-0.3, -0.25) is 23.7 Å². The van der Waals surface area contributed by atoms with Gasteiger partial charge >= 0.3 is 19.4 Å². The summed E-state index contributed by atoms with van der Waals surface area (Å²) in [7, 11) is -2.43. The van der Waals surface area contributed by atoms with Crippen LogP contribution in [0.1, 0.15) is 52.1 Å². The van der Waals surface area contributed by atoms with Gasteiger partial charge in [-0.05, 0) is 39.8 Å². The molecule has 0 aliphatic carbocycles. The molecule has 1 fully saturated rings. The standard InChI is InChI=1S/C29H39N4O9P/c1-9-20-18(5)32(8)22-14-19(10-11-21(20)22)42-43(38,31-17(4)26(36)40-16(2)3)39-15-23-25(35)29(6,7)27(41-23)33-13-12-24(34)30-28(33)37/h9-14,16-17,23,25,27,35H,1,15H2,2-8H3,(H,31,38)(H,30,34,37). The highest BCUT2D eigenvalue weighted by Gasteiger charge is 2.52. The van der Waals surface area contributed by atoms with Crippen molar-refractivity contribution in [2.24, 2.45) is 12.5 Å². The van der Waals surface area contributed by atoms with E-state index in [1.807, 2.05) is 24.6 Å². The maximum absolute atomic E-state index is 14.2. The first-order valence-electron chi connectivity index (χ1n) is 13.9. The predicted molar refractivity (Wildman–Crippen MR) is 161 cm³/mol. The lowest BCUT2D eigenvalue weighted by Gasteiger charge is -2.29. The molecule has 1 aliphatic heterocycles. The van der Waals surface area contributed by atoms with Gasteiger partial charge in [0.2, 0.25) is 0 Å². The van der Waals surface area contributed by atoms with Gasteiger partial charge in [-0.25, -0.2) is 9.36 Å². The van der Waals surface area contributed by atoms with Crippen molar-refractivity contribution < 1.29 is 33.0 Å². The van der Waals surface area contributed by atoms with Crippen LogP contribution in [0.2, 0.25) is 0 Å². The van der Waals surface area contributed by atoms with Gasteiger partial charge in [0.1, 0.15) is 24.1 Å². The van der Waals surface area contributed by atoms with Crippen molar-refractivity contribution >= 4 is 30.7 Å². The number of carbonyl (C=O) groups excluding carboxylic acids is 1. The smallest absolute Gasteiger partial charge is 0.459 e. The van der Waals surface area contributed by atoms with Gasteiger partial charge in [0.15, 0.2) is 0 Å². The number of esters is 1. The Morgan fingerprint density at radius 3 is 2.60 bits per heavy atom. The molecule has 43 heavy (non-hydrogen) atoms. The summed E-state index contributed by atoms with van der Waals surface area (Å²) in [5, 5.41) is 14.7. The van der Waals surface area contributed by atoms with Gasteiger partial charge in [0, 0.05) is 47.4 Å². The number of aryl methyl sites for hydroxylation is 1. The summed E-state index contributed by atoms with van der Waals surface area (Å²) in [5.74, 6) is -0.461. The second-order valence-electron chi connectivity index (χ2n) is 11.5. The lowest BCUT2D eigenvalue weighted by molar-refractivity contribution is -0.149. The predicted octanol–water partition coefficient (Wildman–Crippen LogP) is 3.40. The van der Waals surface area contributed by atoms with E-state index in [1.54, 1.807) is 45.9 Å². The van der Waals surface area contributed by atoms with E-state index in [-0.39, 0.29) is 5.75 Å². The fourth-order valence-corrected chi connectivity index (χ4v) is 6.61. The highest BCUT2D eigenvalue weighted by atomic mass is 31.2. The number of benzene rings is 1. The van der Waals surface area contributed by atoms with E-state index in [2.05, 4.69) is 16.7 Å². The SMILES string of the molecule is C=Cc1c(C)n(C)c2cc(OP(=O)(NC(C)C(=O)OC(C)C)OCC3OC(n4ccc(=O)[nH]c4=O)C(C)(C)C3O)ccc12. The molecular weight excluding hydrogens is 579 g/mol. The normalized spacial score (nSPS) is 21.9. The number of aromatic amines is 1. The third-order valence-electron chi connectivity index (χ3n) is 7.57. The number of ether oxygens (including phenoxy) is 2. The number of nitrogens with zero attached hydrogens (tertiary/aromatic N) is 2. The van der Waals surface area contributed by atoms with Crippen LogP contribution in [0.25, 0.3) is 17.0 Å². The Balaban J connectivity index is 1.62. The summed E-state index contributed by atoms with van der Waals surface area (Å²) in [6.07, 6.45) is -0.566. The summed E-state index contributed by atoms with van der Waals surface area (Å²) < 4.78 is 40.2. The number of rotatable bonds is 11. The summed E-state index contributed by atoms with van der Waals surface area (Å²) in [6.45, 7) is 13.6. The number of aliphatic hydroxyl groups is 1. The molecule has 0 amide bonds. The molecule has 5 unspecified atom stereocenters. The topological polar surface area (TPSA) is 163 Å². The van der Waals surface area contributed by atoms with Crippen LogP contribution in [0.4, 0.5) is 0 Å². The van der Waals surface area contributed by atoms with Crippen molar-refractivity contribution in [3.8, 4) is 5.75 Å². The molecule has 234 valence electrons. The fourth-order valence-electron chi connectivity index (χ4n) is 5.12. The molecule has 1 saturated heterocycles. The lowest BCUT2D eigenvalue weighted by Crippen LogP contribution is -2.40. The van der Waals surface area contributed by atoms with Crippen molar-refractivity contribution in [1.82, 2.24) is 19.2 Å². The zero-order chi connectivity index (χ0) is 31.9. The molecule has 5 atom stereocenters. The molecule has 3 aromatic rings. The maximum atomic E-state index is 14.2. The molecule has 0 saturated carbocycles. The molecule has 0 spiro atoms.